The Labute approximate surface area is 71.2 Å². The Bertz CT molecular complexity index is 108. The number of halogens is 1. The summed E-state index contributed by atoms with van der Waals surface area (Å²) in [6.07, 6.45) is 6.80. The van der Waals surface area contributed by atoms with Gasteiger partial charge in [-0.1, -0.05) is 40.3 Å². The number of allylic oxidation sites excluding steroid dienone is 3. The summed E-state index contributed by atoms with van der Waals surface area (Å²) in [5, 5.41) is 0. The normalized spacial score (nSPS) is 10.1. The maximum atomic E-state index is 2.26. The molecular formula is C8H13I. The van der Waals surface area contributed by atoms with Crippen LogP contribution < -0.4 is 0 Å². The topological polar surface area (TPSA) is 0 Å². The summed E-state index contributed by atoms with van der Waals surface area (Å²) < 4.78 is 2.07. The van der Waals surface area contributed by atoms with E-state index in [0.717, 1.165) is 0 Å². The monoisotopic (exact) mass is 236 g/mol. The molecule has 52 valence electrons. The molecule has 0 fully saturated rings. The fourth-order valence-electron chi connectivity index (χ4n) is 0.531. The Morgan fingerprint density at radius 1 is 1.33 bits per heavy atom. The fraction of sp³-hybridized carbons (Fsp3) is 0.500. The van der Waals surface area contributed by atoms with Crippen LogP contribution in [0.3, 0.4) is 0 Å². The second-order valence-corrected chi connectivity index (χ2v) is 2.94. The molecule has 0 saturated heterocycles. The van der Waals surface area contributed by atoms with Crippen molar-refractivity contribution in [2.75, 3.05) is 0 Å². The van der Waals surface area contributed by atoms with Crippen LogP contribution in [0.25, 0.3) is 0 Å². The minimum Gasteiger partial charge on any atom is -0.0856 e. The summed E-state index contributed by atoms with van der Waals surface area (Å²) in [4.78, 5) is 0. The zero-order valence-electron chi connectivity index (χ0n) is 6.02. The van der Waals surface area contributed by atoms with Gasteiger partial charge in [-0.05, 0) is 30.8 Å². The standard InChI is InChI=1S/C8H13I/c1-8(2)6-4-3-5-7-9/h5-7H,3-4H2,1-2H3. The van der Waals surface area contributed by atoms with Crippen LogP contribution in [0.15, 0.2) is 21.8 Å². The average molecular weight is 236 g/mol. The molecule has 0 bridgehead atoms. The first-order valence-corrected chi connectivity index (χ1v) is 4.40. The molecular weight excluding hydrogens is 223 g/mol. The molecule has 0 aromatic rings. The van der Waals surface area contributed by atoms with E-state index in [9.17, 15) is 0 Å². The number of rotatable bonds is 3. The van der Waals surface area contributed by atoms with Crippen LogP contribution in [0.5, 0.6) is 0 Å². The Balaban J connectivity index is 3.20. The molecule has 1 heteroatoms. The zero-order valence-corrected chi connectivity index (χ0v) is 8.18. The molecule has 0 unspecified atom stereocenters. The van der Waals surface area contributed by atoms with Gasteiger partial charge >= 0.3 is 0 Å². The van der Waals surface area contributed by atoms with Gasteiger partial charge in [-0.2, -0.15) is 0 Å². The molecule has 0 heterocycles. The summed E-state index contributed by atoms with van der Waals surface area (Å²) in [5.74, 6) is 0. The summed E-state index contributed by atoms with van der Waals surface area (Å²) in [6.45, 7) is 4.27. The third-order valence-corrected chi connectivity index (χ3v) is 1.48. The fourth-order valence-corrected chi connectivity index (χ4v) is 0.891. The molecule has 0 aliphatic heterocycles. The van der Waals surface area contributed by atoms with Crippen molar-refractivity contribution in [3.8, 4) is 0 Å². The molecule has 0 radical (unpaired) electrons. The Hall–Kier alpha value is 0.210. The lowest BCUT2D eigenvalue weighted by molar-refractivity contribution is 1.04. The molecule has 0 aliphatic rings. The van der Waals surface area contributed by atoms with Crippen molar-refractivity contribution in [2.24, 2.45) is 0 Å². The first-order chi connectivity index (χ1) is 4.27. The summed E-state index contributed by atoms with van der Waals surface area (Å²) in [6, 6.07) is 0. The highest BCUT2D eigenvalue weighted by molar-refractivity contribution is 14.1. The smallest absolute Gasteiger partial charge is 0.0274 e. The van der Waals surface area contributed by atoms with E-state index in [2.05, 4.69) is 52.7 Å². The Morgan fingerprint density at radius 2 is 2.00 bits per heavy atom. The molecule has 0 nitrogen and oxygen atoms in total. The minimum atomic E-state index is 1.17. The van der Waals surface area contributed by atoms with Crippen LogP contribution in [0.4, 0.5) is 0 Å². The van der Waals surface area contributed by atoms with Crippen molar-refractivity contribution < 1.29 is 0 Å². The van der Waals surface area contributed by atoms with Crippen molar-refractivity contribution in [2.45, 2.75) is 26.7 Å². The maximum absolute atomic E-state index is 2.26. The van der Waals surface area contributed by atoms with E-state index in [1.807, 2.05) is 0 Å². The van der Waals surface area contributed by atoms with Crippen LogP contribution >= 0.6 is 22.6 Å². The lowest BCUT2D eigenvalue weighted by atomic mass is 10.2. The largest absolute Gasteiger partial charge is 0.0856 e. The second kappa shape index (κ2) is 6.33. The van der Waals surface area contributed by atoms with E-state index in [1.54, 1.807) is 0 Å². The van der Waals surface area contributed by atoms with Crippen LogP contribution in [0, 0.1) is 0 Å². The van der Waals surface area contributed by atoms with Crippen LogP contribution in [-0.4, -0.2) is 0 Å². The first-order valence-electron chi connectivity index (χ1n) is 3.16. The average Bonchev–Trinajstić information content (AvgIpc) is 1.80. The summed E-state index contributed by atoms with van der Waals surface area (Å²) in [5.41, 5.74) is 1.41. The predicted molar refractivity (Wildman–Crippen MR) is 51.8 cm³/mol. The van der Waals surface area contributed by atoms with Gasteiger partial charge in [0, 0.05) is 0 Å². The SMILES string of the molecule is CC(C)=CCCC=CI. The highest BCUT2D eigenvalue weighted by atomic mass is 127. The molecule has 0 rings (SSSR count). The van der Waals surface area contributed by atoms with Crippen LogP contribution in [0.1, 0.15) is 26.7 Å². The van der Waals surface area contributed by atoms with Gasteiger partial charge in [0.1, 0.15) is 0 Å². The lowest BCUT2D eigenvalue weighted by Gasteiger charge is -1.87. The van der Waals surface area contributed by atoms with E-state index in [-0.39, 0.29) is 0 Å². The Kier molecular flexibility index (Phi) is 6.48. The van der Waals surface area contributed by atoms with Crippen molar-refractivity contribution in [1.82, 2.24) is 0 Å². The van der Waals surface area contributed by atoms with Gasteiger partial charge in [0.05, 0.1) is 0 Å². The molecule has 9 heavy (non-hydrogen) atoms. The highest BCUT2D eigenvalue weighted by Crippen LogP contribution is 1.98. The van der Waals surface area contributed by atoms with Gasteiger partial charge in [0.15, 0.2) is 0 Å². The summed E-state index contributed by atoms with van der Waals surface area (Å²) in [7, 11) is 0. The minimum absolute atomic E-state index is 1.17. The quantitative estimate of drug-likeness (QED) is 0.398. The van der Waals surface area contributed by atoms with Crippen molar-refractivity contribution in [1.29, 1.82) is 0 Å². The van der Waals surface area contributed by atoms with Gasteiger partial charge < -0.3 is 0 Å². The van der Waals surface area contributed by atoms with E-state index >= 15 is 0 Å². The zero-order chi connectivity index (χ0) is 7.11. The third-order valence-electron chi connectivity index (χ3n) is 0.975. The van der Waals surface area contributed by atoms with E-state index < -0.39 is 0 Å². The summed E-state index contributed by atoms with van der Waals surface area (Å²) >= 11 is 2.24. The van der Waals surface area contributed by atoms with Gasteiger partial charge in [-0.3, -0.25) is 0 Å². The molecule has 0 aromatic heterocycles. The van der Waals surface area contributed by atoms with Crippen molar-refractivity contribution in [3.63, 3.8) is 0 Å². The third kappa shape index (κ3) is 8.21. The van der Waals surface area contributed by atoms with E-state index in [4.69, 9.17) is 0 Å². The maximum Gasteiger partial charge on any atom is -0.0274 e. The first kappa shape index (κ1) is 9.21. The number of hydrogen-bond donors (Lipinski definition) is 0. The number of unbranched alkanes of at least 4 members (excludes halogenated alkanes) is 1. The van der Waals surface area contributed by atoms with Crippen molar-refractivity contribution in [3.05, 3.63) is 21.8 Å². The van der Waals surface area contributed by atoms with E-state index in [1.165, 1.54) is 18.4 Å². The van der Waals surface area contributed by atoms with Crippen LogP contribution in [0.2, 0.25) is 0 Å². The van der Waals surface area contributed by atoms with Crippen LogP contribution in [-0.2, 0) is 0 Å². The van der Waals surface area contributed by atoms with Crippen molar-refractivity contribution >= 4 is 22.6 Å². The molecule has 0 spiro atoms. The molecule has 0 atom stereocenters. The van der Waals surface area contributed by atoms with Gasteiger partial charge in [-0.15, -0.1) is 0 Å². The highest BCUT2D eigenvalue weighted by Gasteiger charge is 1.76. The predicted octanol–water partition coefficient (Wildman–Crippen LogP) is 3.68. The molecule has 0 saturated carbocycles. The molecule has 0 amide bonds. The Morgan fingerprint density at radius 3 is 2.44 bits per heavy atom. The number of hydrogen-bond acceptors (Lipinski definition) is 0. The molecule has 0 N–H and O–H groups in total. The van der Waals surface area contributed by atoms with Gasteiger partial charge in [-0.25, -0.2) is 0 Å². The molecule has 0 aliphatic carbocycles. The second-order valence-electron chi connectivity index (χ2n) is 2.22. The van der Waals surface area contributed by atoms with Gasteiger partial charge in [0.2, 0.25) is 0 Å². The van der Waals surface area contributed by atoms with Gasteiger partial charge in [0.25, 0.3) is 0 Å². The van der Waals surface area contributed by atoms with E-state index in [0.29, 0.717) is 0 Å². The molecule has 0 aromatic carbocycles. The lowest BCUT2D eigenvalue weighted by Crippen LogP contribution is -1.66.